The molecular weight excluding hydrogens is 326 g/mol. The molecule has 1 N–H and O–H groups in total. The molecule has 0 spiro atoms. The summed E-state index contributed by atoms with van der Waals surface area (Å²) in [5.74, 6) is 0.193. The fourth-order valence-electron chi connectivity index (χ4n) is 3.84. The normalized spacial score (nSPS) is 18.7. The van der Waals surface area contributed by atoms with Crippen molar-refractivity contribution < 1.29 is 9.59 Å². The van der Waals surface area contributed by atoms with Gasteiger partial charge in [0.2, 0.25) is 5.91 Å². The number of urea groups is 1. The molecular formula is C21H31N3O2. The summed E-state index contributed by atoms with van der Waals surface area (Å²) in [5.41, 5.74) is 2.44. The maximum absolute atomic E-state index is 12.4. The molecule has 3 rings (SSSR count). The predicted octanol–water partition coefficient (Wildman–Crippen LogP) is 3.11. The van der Waals surface area contributed by atoms with Crippen LogP contribution in [0.4, 0.5) is 4.79 Å². The Labute approximate surface area is 156 Å². The van der Waals surface area contributed by atoms with Gasteiger partial charge in [-0.2, -0.15) is 0 Å². The average Bonchev–Trinajstić information content (AvgIpc) is 2.68. The lowest BCUT2D eigenvalue weighted by molar-refractivity contribution is -0.132. The van der Waals surface area contributed by atoms with Crippen LogP contribution < -0.4 is 5.32 Å². The van der Waals surface area contributed by atoms with Gasteiger partial charge in [-0.05, 0) is 31.7 Å². The Morgan fingerprint density at radius 1 is 0.962 bits per heavy atom. The van der Waals surface area contributed by atoms with E-state index in [0.717, 1.165) is 19.3 Å². The summed E-state index contributed by atoms with van der Waals surface area (Å²) in [5, 5.41) is 3.17. The Bertz CT molecular complexity index is 600. The average molecular weight is 357 g/mol. The summed E-state index contributed by atoms with van der Waals surface area (Å²) >= 11 is 0. The van der Waals surface area contributed by atoms with E-state index in [4.69, 9.17) is 0 Å². The van der Waals surface area contributed by atoms with Crippen molar-refractivity contribution in [2.45, 2.75) is 57.9 Å². The third-order valence-corrected chi connectivity index (χ3v) is 5.60. The van der Waals surface area contributed by atoms with Gasteiger partial charge in [0.25, 0.3) is 0 Å². The smallest absolute Gasteiger partial charge is 0.317 e. The van der Waals surface area contributed by atoms with Gasteiger partial charge in [0, 0.05) is 38.6 Å². The molecule has 0 atom stereocenters. The first-order chi connectivity index (χ1) is 12.6. The minimum atomic E-state index is 0.0451. The number of benzene rings is 1. The van der Waals surface area contributed by atoms with Crippen LogP contribution in [0.25, 0.3) is 0 Å². The van der Waals surface area contributed by atoms with Crippen molar-refractivity contribution in [2.75, 3.05) is 26.2 Å². The Balaban J connectivity index is 1.39. The molecule has 2 fully saturated rings. The summed E-state index contributed by atoms with van der Waals surface area (Å²) in [4.78, 5) is 28.6. The van der Waals surface area contributed by atoms with Crippen LogP contribution in [-0.2, 0) is 11.2 Å². The van der Waals surface area contributed by atoms with Crippen LogP contribution in [0.15, 0.2) is 24.3 Å². The van der Waals surface area contributed by atoms with E-state index in [1.54, 1.807) is 0 Å². The number of piperazine rings is 1. The summed E-state index contributed by atoms with van der Waals surface area (Å²) in [6, 6.07) is 8.74. The standard InChI is InChI=1S/C21H31N3O2/c1-17-7-9-18(10-8-17)11-12-20(25)23-13-15-24(16-14-23)21(26)22-19-5-3-2-4-6-19/h7-10,19H,2-6,11-16H2,1H3,(H,22,26). The van der Waals surface area contributed by atoms with Gasteiger partial charge in [-0.1, -0.05) is 49.1 Å². The molecule has 0 aromatic heterocycles. The van der Waals surface area contributed by atoms with Gasteiger partial charge in [0.15, 0.2) is 0 Å². The van der Waals surface area contributed by atoms with Crippen molar-refractivity contribution >= 4 is 11.9 Å². The van der Waals surface area contributed by atoms with E-state index in [2.05, 4.69) is 36.5 Å². The van der Waals surface area contributed by atoms with E-state index in [1.165, 1.54) is 30.4 Å². The molecule has 5 heteroatoms. The Hall–Kier alpha value is -2.04. The van der Waals surface area contributed by atoms with E-state index in [0.29, 0.717) is 38.6 Å². The molecule has 1 aliphatic carbocycles. The predicted molar refractivity (Wildman–Crippen MR) is 103 cm³/mol. The van der Waals surface area contributed by atoms with E-state index in [9.17, 15) is 9.59 Å². The second-order valence-electron chi connectivity index (χ2n) is 7.64. The number of hydrogen-bond acceptors (Lipinski definition) is 2. The van der Waals surface area contributed by atoms with Gasteiger partial charge in [-0.15, -0.1) is 0 Å². The molecule has 0 radical (unpaired) electrons. The highest BCUT2D eigenvalue weighted by Crippen LogP contribution is 2.18. The van der Waals surface area contributed by atoms with Crippen LogP contribution in [0, 0.1) is 6.92 Å². The number of aryl methyl sites for hydroxylation is 2. The number of amides is 3. The highest BCUT2D eigenvalue weighted by atomic mass is 16.2. The van der Waals surface area contributed by atoms with Crippen LogP contribution in [0.5, 0.6) is 0 Å². The van der Waals surface area contributed by atoms with Crippen molar-refractivity contribution in [1.29, 1.82) is 0 Å². The lowest BCUT2D eigenvalue weighted by atomic mass is 9.96. The summed E-state index contributed by atoms with van der Waals surface area (Å²) in [6.07, 6.45) is 7.24. The first-order valence-corrected chi connectivity index (χ1v) is 10.0. The molecule has 1 heterocycles. The third-order valence-electron chi connectivity index (χ3n) is 5.60. The molecule has 1 aromatic carbocycles. The van der Waals surface area contributed by atoms with E-state index >= 15 is 0 Å². The lowest BCUT2D eigenvalue weighted by Gasteiger charge is -2.36. The summed E-state index contributed by atoms with van der Waals surface area (Å²) in [7, 11) is 0. The highest BCUT2D eigenvalue weighted by Gasteiger charge is 2.25. The zero-order valence-corrected chi connectivity index (χ0v) is 15.9. The number of carbonyl (C=O) groups excluding carboxylic acids is 2. The Kier molecular flexibility index (Phi) is 6.53. The fraction of sp³-hybridized carbons (Fsp3) is 0.619. The van der Waals surface area contributed by atoms with Gasteiger partial charge in [-0.25, -0.2) is 4.79 Å². The number of nitrogens with zero attached hydrogens (tertiary/aromatic N) is 2. The molecule has 2 aliphatic rings. The van der Waals surface area contributed by atoms with E-state index in [1.807, 2.05) is 9.80 Å². The Morgan fingerprint density at radius 3 is 2.23 bits per heavy atom. The van der Waals surface area contributed by atoms with Crippen molar-refractivity contribution in [3.05, 3.63) is 35.4 Å². The molecule has 1 saturated heterocycles. The minimum Gasteiger partial charge on any atom is -0.339 e. The summed E-state index contributed by atoms with van der Waals surface area (Å²) in [6.45, 7) is 4.62. The van der Waals surface area contributed by atoms with Gasteiger partial charge in [0.05, 0.1) is 0 Å². The molecule has 1 saturated carbocycles. The minimum absolute atomic E-state index is 0.0451. The largest absolute Gasteiger partial charge is 0.339 e. The van der Waals surface area contributed by atoms with Gasteiger partial charge < -0.3 is 15.1 Å². The van der Waals surface area contributed by atoms with Crippen molar-refractivity contribution in [3.63, 3.8) is 0 Å². The van der Waals surface area contributed by atoms with E-state index in [-0.39, 0.29) is 11.9 Å². The fourth-order valence-corrected chi connectivity index (χ4v) is 3.84. The number of nitrogens with one attached hydrogen (secondary N) is 1. The zero-order chi connectivity index (χ0) is 18.4. The SMILES string of the molecule is Cc1ccc(CCC(=O)N2CCN(C(=O)NC3CCCCC3)CC2)cc1. The lowest BCUT2D eigenvalue weighted by Crippen LogP contribution is -2.54. The van der Waals surface area contributed by atoms with Crippen LogP contribution in [0.2, 0.25) is 0 Å². The highest BCUT2D eigenvalue weighted by molar-refractivity contribution is 5.78. The third kappa shape index (κ3) is 5.23. The van der Waals surface area contributed by atoms with Gasteiger partial charge in [-0.3, -0.25) is 4.79 Å². The monoisotopic (exact) mass is 357 g/mol. The molecule has 5 nitrogen and oxygen atoms in total. The molecule has 1 aromatic rings. The molecule has 142 valence electrons. The molecule has 1 aliphatic heterocycles. The van der Waals surface area contributed by atoms with Crippen molar-refractivity contribution in [3.8, 4) is 0 Å². The van der Waals surface area contributed by atoms with E-state index < -0.39 is 0 Å². The van der Waals surface area contributed by atoms with Crippen LogP contribution >= 0.6 is 0 Å². The second-order valence-corrected chi connectivity index (χ2v) is 7.64. The molecule has 0 unspecified atom stereocenters. The number of hydrogen-bond donors (Lipinski definition) is 1. The topological polar surface area (TPSA) is 52.7 Å². The van der Waals surface area contributed by atoms with Crippen molar-refractivity contribution in [1.82, 2.24) is 15.1 Å². The maximum atomic E-state index is 12.4. The number of carbonyl (C=O) groups is 2. The summed E-state index contributed by atoms with van der Waals surface area (Å²) < 4.78 is 0. The quantitative estimate of drug-likeness (QED) is 0.900. The maximum Gasteiger partial charge on any atom is 0.317 e. The zero-order valence-electron chi connectivity index (χ0n) is 15.9. The van der Waals surface area contributed by atoms with Crippen LogP contribution in [-0.4, -0.2) is 54.0 Å². The van der Waals surface area contributed by atoms with Gasteiger partial charge in [0.1, 0.15) is 0 Å². The molecule has 0 bridgehead atoms. The number of rotatable bonds is 4. The van der Waals surface area contributed by atoms with Crippen molar-refractivity contribution in [2.24, 2.45) is 0 Å². The van der Waals surface area contributed by atoms with Gasteiger partial charge >= 0.3 is 6.03 Å². The second kappa shape index (κ2) is 9.06. The Morgan fingerprint density at radius 2 is 1.58 bits per heavy atom. The molecule has 3 amide bonds. The first-order valence-electron chi connectivity index (χ1n) is 10.0. The van der Waals surface area contributed by atoms with Crippen LogP contribution in [0.3, 0.4) is 0 Å². The first kappa shape index (κ1) is 18.7. The van der Waals surface area contributed by atoms with Crippen LogP contribution in [0.1, 0.15) is 49.7 Å². The molecule has 26 heavy (non-hydrogen) atoms.